The number of fused-ring (bicyclic) bond motifs is 1. The number of Topliss-reactive ketones (excluding diaryl/α,β-unsaturated/α-hetero) is 1. The Morgan fingerprint density at radius 2 is 1.86 bits per heavy atom. The molecule has 7 nitrogen and oxygen atoms in total. The van der Waals surface area contributed by atoms with Gasteiger partial charge in [0.05, 0.1) is 28.6 Å². The molecule has 1 saturated heterocycles. The lowest BCUT2D eigenvalue weighted by Gasteiger charge is -2.22. The minimum Gasteiger partial charge on any atom is -0.507 e. The van der Waals surface area contributed by atoms with Crippen molar-refractivity contribution in [1.29, 1.82) is 0 Å². The molecular weight excluding hydrogens is 498 g/mol. The van der Waals surface area contributed by atoms with Crippen LogP contribution in [0.4, 0.5) is 5.13 Å². The van der Waals surface area contributed by atoms with Gasteiger partial charge in [-0.3, -0.25) is 19.5 Å². The SMILES string of the molecule is COc1cc(C)c(/C(O)=C2\C(=O)C(=O)N(c3nc4cc(Cl)c(C)cc4s3)C2c2ccccn2)cc1C. The normalized spacial score (nSPS) is 17.2. The van der Waals surface area contributed by atoms with Crippen LogP contribution in [0.5, 0.6) is 5.75 Å². The standard InChI is InChI=1S/C27H22ClN3O4S/c1-13-10-20(35-4)15(3)9-16(13)24(32)22-23(18-7-5-6-8-29-18)31(26(34)25(22)33)27-30-19-12-17(28)14(2)11-21(19)36-27/h5-12,23,32H,1-4H3/b24-22+. The number of amides is 1. The van der Waals surface area contributed by atoms with Gasteiger partial charge in [-0.1, -0.05) is 29.0 Å². The highest BCUT2D eigenvalue weighted by atomic mass is 35.5. The molecule has 1 N–H and O–H groups in total. The number of aryl methyl sites for hydroxylation is 3. The van der Waals surface area contributed by atoms with Crippen molar-refractivity contribution in [1.82, 2.24) is 9.97 Å². The van der Waals surface area contributed by atoms with E-state index in [1.165, 1.54) is 16.2 Å². The highest BCUT2D eigenvalue weighted by Gasteiger charge is 2.49. The van der Waals surface area contributed by atoms with E-state index in [0.717, 1.165) is 15.8 Å². The monoisotopic (exact) mass is 519 g/mol. The van der Waals surface area contributed by atoms with E-state index in [1.807, 2.05) is 26.8 Å². The molecule has 36 heavy (non-hydrogen) atoms. The molecule has 0 radical (unpaired) electrons. The van der Waals surface area contributed by atoms with Crippen LogP contribution in [0.2, 0.25) is 5.02 Å². The number of anilines is 1. The van der Waals surface area contributed by atoms with Crippen molar-refractivity contribution in [2.45, 2.75) is 26.8 Å². The van der Waals surface area contributed by atoms with Gasteiger partial charge in [-0.15, -0.1) is 0 Å². The minimum atomic E-state index is -0.954. The van der Waals surface area contributed by atoms with Crippen LogP contribution in [0, 0.1) is 20.8 Å². The largest absolute Gasteiger partial charge is 0.507 e. The number of nitrogens with zero attached hydrogens (tertiary/aromatic N) is 3. The van der Waals surface area contributed by atoms with Gasteiger partial charge in [0.2, 0.25) is 0 Å². The third-order valence-corrected chi connectivity index (χ3v) is 7.70. The first-order valence-electron chi connectivity index (χ1n) is 11.2. The Bertz CT molecular complexity index is 1540. The second-order valence-electron chi connectivity index (χ2n) is 8.63. The van der Waals surface area contributed by atoms with E-state index in [-0.39, 0.29) is 11.3 Å². The number of thiazole rings is 1. The molecule has 1 amide bonds. The molecule has 0 spiro atoms. The van der Waals surface area contributed by atoms with Gasteiger partial charge < -0.3 is 9.84 Å². The molecule has 2 aromatic heterocycles. The van der Waals surface area contributed by atoms with E-state index < -0.39 is 17.7 Å². The molecule has 1 fully saturated rings. The number of halogens is 1. The first-order valence-corrected chi connectivity index (χ1v) is 12.3. The fraction of sp³-hybridized carbons (Fsp3) is 0.185. The van der Waals surface area contributed by atoms with Crippen LogP contribution in [0.15, 0.2) is 54.2 Å². The van der Waals surface area contributed by atoms with Crippen LogP contribution in [-0.4, -0.2) is 33.9 Å². The van der Waals surface area contributed by atoms with Crippen molar-refractivity contribution in [2.75, 3.05) is 12.0 Å². The fourth-order valence-electron chi connectivity index (χ4n) is 4.40. The topological polar surface area (TPSA) is 92.6 Å². The maximum absolute atomic E-state index is 13.4. The predicted molar refractivity (Wildman–Crippen MR) is 141 cm³/mol. The molecule has 4 aromatic rings. The van der Waals surface area contributed by atoms with Crippen LogP contribution >= 0.6 is 22.9 Å². The number of benzene rings is 2. The highest BCUT2D eigenvalue weighted by molar-refractivity contribution is 7.22. The lowest BCUT2D eigenvalue weighted by molar-refractivity contribution is -0.132. The van der Waals surface area contributed by atoms with Crippen LogP contribution in [0.3, 0.4) is 0 Å². The van der Waals surface area contributed by atoms with E-state index in [2.05, 4.69) is 9.97 Å². The molecular formula is C27H22ClN3O4S. The number of methoxy groups -OCH3 is 1. The molecule has 5 rings (SSSR count). The van der Waals surface area contributed by atoms with Crippen LogP contribution in [0.25, 0.3) is 16.0 Å². The summed E-state index contributed by atoms with van der Waals surface area (Å²) in [6.45, 7) is 5.54. The van der Waals surface area contributed by atoms with E-state index in [1.54, 1.807) is 49.7 Å². The predicted octanol–water partition coefficient (Wildman–Crippen LogP) is 5.90. The van der Waals surface area contributed by atoms with Crippen molar-refractivity contribution in [3.05, 3.63) is 87.2 Å². The summed E-state index contributed by atoms with van der Waals surface area (Å²) >= 11 is 7.56. The summed E-state index contributed by atoms with van der Waals surface area (Å²) in [5, 5.41) is 12.4. The molecule has 1 unspecified atom stereocenters. The average Bonchev–Trinajstić information content (AvgIpc) is 3.38. The summed E-state index contributed by atoms with van der Waals surface area (Å²) in [5.41, 5.74) is 3.83. The summed E-state index contributed by atoms with van der Waals surface area (Å²) in [6, 6.07) is 11.4. The minimum absolute atomic E-state index is 0.0418. The van der Waals surface area contributed by atoms with Gasteiger partial charge in [-0.25, -0.2) is 4.98 Å². The Kier molecular flexibility index (Phi) is 6.02. The number of aromatic nitrogens is 2. The van der Waals surface area contributed by atoms with Crippen molar-refractivity contribution in [3.63, 3.8) is 0 Å². The molecule has 1 atom stereocenters. The summed E-state index contributed by atoms with van der Waals surface area (Å²) < 4.78 is 6.21. The second kappa shape index (κ2) is 9.04. The summed E-state index contributed by atoms with van der Waals surface area (Å²) in [6.07, 6.45) is 1.58. The molecule has 0 bridgehead atoms. The molecule has 1 aliphatic rings. The maximum Gasteiger partial charge on any atom is 0.301 e. The first kappa shape index (κ1) is 24.0. The smallest absolute Gasteiger partial charge is 0.301 e. The van der Waals surface area contributed by atoms with Gasteiger partial charge in [-0.05, 0) is 73.9 Å². The fourth-order valence-corrected chi connectivity index (χ4v) is 5.63. The molecule has 2 aromatic carbocycles. The van der Waals surface area contributed by atoms with Gasteiger partial charge in [-0.2, -0.15) is 0 Å². The van der Waals surface area contributed by atoms with Gasteiger partial charge in [0, 0.05) is 16.8 Å². The number of pyridine rings is 1. The van der Waals surface area contributed by atoms with Crippen molar-refractivity contribution < 1.29 is 19.4 Å². The number of ether oxygens (including phenoxy) is 1. The average molecular weight is 520 g/mol. The third-order valence-electron chi connectivity index (χ3n) is 6.27. The quantitative estimate of drug-likeness (QED) is 0.205. The third kappa shape index (κ3) is 3.83. The first-order chi connectivity index (χ1) is 17.2. The lowest BCUT2D eigenvalue weighted by Crippen LogP contribution is -2.29. The number of hydrogen-bond acceptors (Lipinski definition) is 7. The Balaban J connectivity index is 1.74. The van der Waals surface area contributed by atoms with Gasteiger partial charge in [0.25, 0.3) is 5.78 Å². The van der Waals surface area contributed by atoms with Crippen LogP contribution in [0.1, 0.15) is 34.0 Å². The Hall–Kier alpha value is -3.75. The van der Waals surface area contributed by atoms with Crippen molar-refractivity contribution in [2.24, 2.45) is 0 Å². The summed E-state index contributed by atoms with van der Waals surface area (Å²) in [5.74, 6) is -1.19. The summed E-state index contributed by atoms with van der Waals surface area (Å²) in [7, 11) is 1.57. The number of hydrogen-bond donors (Lipinski definition) is 1. The van der Waals surface area contributed by atoms with Crippen LogP contribution < -0.4 is 9.64 Å². The second-order valence-corrected chi connectivity index (χ2v) is 10.0. The zero-order valence-corrected chi connectivity index (χ0v) is 21.6. The Morgan fingerprint density at radius 1 is 1.08 bits per heavy atom. The number of rotatable bonds is 4. The van der Waals surface area contributed by atoms with Crippen molar-refractivity contribution in [3.8, 4) is 5.75 Å². The number of ketones is 1. The van der Waals surface area contributed by atoms with E-state index >= 15 is 0 Å². The molecule has 182 valence electrons. The van der Waals surface area contributed by atoms with Gasteiger partial charge in [0.15, 0.2) is 5.13 Å². The van der Waals surface area contributed by atoms with Crippen LogP contribution in [-0.2, 0) is 9.59 Å². The lowest BCUT2D eigenvalue weighted by atomic mass is 9.95. The van der Waals surface area contributed by atoms with E-state index in [9.17, 15) is 14.7 Å². The molecule has 9 heteroatoms. The highest BCUT2D eigenvalue weighted by Crippen LogP contribution is 2.44. The van der Waals surface area contributed by atoms with E-state index in [4.69, 9.17) is 16.3 Å². The molecule has 0 saturated carbocycles. The van der Waals surface area contributed by atoms with Crippen molar-refractivity contribution >= 4 is 55.7 Å². The number of carbonyl (C=O) groups excluding carboxylic acids is 2. The Labute approximate surface area is 216 Å². The van der Waals surface area contributed by atoms with Gasteiger partial charge in [0.1, 0.15) is 17.6 Å². The maximum atomic E-state index is 13.4. The molecule has 3 heterocycles. The molecule has 0 aliphatic carbocycles. The molecule has 1 aliphatic heterocycles. The van der Waals surface area contributed by atoms with E-state index in [0.29, 0.717) is 38.2 Å². The number of carbonyl (C=O) groups is 2. The summed E-state index contributed by atoms with van der Waals surface area (Å²) in [4.78, 5) is 37.2. The number of aliphatic hydroxyl groups is 1. The van der Waals surface area contributed by atoms with Gasteiger partial charge >= 0.3 is 5.91 Å². The zero-order chi connectivity index (χ0) is 25.7. The Morgan fingerprint density at radius 3 is 2.56 bits per heavy atom. The zero-order valence-electron chi connectivity index (χ0n) is 20.0. The number of aliphatic hydroxyl groups excluding tert-OH is 1.